The standard InChI is InChI=1S/C19H26F4N4O4S/c20-14-3-1-13(2-4-14)16(19(21,22)23)25-15(17(28)26-18(12-24)5-6-18)11-32(29,30)27-7-9-31-10-8-27/h1-4,15-16,25H,5-12,24H2,(H,26,28). The minimum absolute atomic E-state index is 0.0457. The monoisotopic (exact) mass is 482 g/mol. The highest BCUT2D eigenvalue weighted by Gasteiger charge is 2.47. The Labute approximate surface area is 183 Å². The maximum atomic E-state index is 13.8. The molecule has 2 fully saturated rings. The summed E-state index contributed by atoms with van der Waals surface area (Å²) in [6, 6.07) is -0.496. The number of sulfonamides is 1. The van der Waals surface area contributed by atoms with E-state index in [9.17, 15) is 30.8 Å². The van der Waals surface area contributed by atoms with E-state index in [-0.39, 0.29) is 38.4 Å². The predicted molar refractivity (Wildman–Crippen MR) is 107 cm³/mol. The number of carbonyl (C=O) groups is 1. The molecule has 13 heteroatoms. The molecule has 2 aliphatic rings. The Morgan fingerprint density at radius 2 is 1.78 bits per heavy atom. The van der Waals surface area contributed by atoms with Crippen molar-refractivity contribution in [3.8, 4) is 0 Å². The molecule has 1 aliphatic carbocycles. The number of hydrogen-bond acceptors (Lipinski definition) is 6. The number of hydrogen-bond donors (Lipinski definition) is 3. The van der Waals surface area contributed by atoms with Gasteiger partial charge in [-0.05, 0) is 30.5 Å². The number of ether oxygens (including phenoxy) is 1. The Kier molecular flexibility index (Phi) is 7.44. The number of nitrogens with one attached hydrogen (secondary N) is 2. The summed E-state index contributed by atoms with van der Waals surface area (Å²) < 4.78 is 86.7. The van der Waals surface area contributed by atoms with Gasteiger partial charge in [-0.1, -0.05) is 12.1 Å². The number of morpholine rings is 1. The fourth-order valence-electron chi connectivity index (χ4n) is 3.46. The molecule has 8 nitrogen and oxygen atoms in total. The van der Waals surface area contributed by atoms with Gasteiger partial charge in [0.2, 0.25) is 15.9 Å². The van der Waals surface area contributed by atoms with Crippen LogP contribution in [0.2, 0.25) is 0 Å². The van der Waals surface area contributed by atoms with Crippen LogP contribution in [0.5, 0.6) is 0 Å². The highest BCUT2D eigenvalue weighted by molar-refractivity contribution is 7.89. The number of amides is 1. The van der Waals surface area contributed by atoms with E-state index in [0.29, 0.717) is 12.8 Å². The van der Waals surface area contributed by atoms with Crippen molar-refractivity contribution in [3.05, 3.63) is 35.6 Å². The number of carbonyl (C=O) groups excluding carboxylic acids is 1. The van der Waals surface area contributed by atoms with Gasteiger partial charge >= 0.3 is 6.18 Å². The van der Waals surface area contributed by atoms with Crippen LogP contribution in [0.1, 0.15) is 24.4 Å². The lowest BCUT2D eigenvalue weighted by molar-refractivity contribution is -0.160. The Hall–Kier alpha value is -1.80. The van der Waals surface area contributed by atoms with Crippen molar-refractivity contribution in [1.29, 1.82) is 0 Å². The molecule has 1 aromatic rings. The number of nitrogens with two attached hydrogens (primary N) is 1. The molecule has 2 unspecified atom stereocenters. The van der Waals surface area contributed by atoms with Gasteiger partial charge < -0.3 is 15.8 Å². The van der Waals surface area contributed by atoms with Gasteiger partial charge in [0.05, 0.1) is 24.5 Å². The third-order valence-electron chi connectivity index (χ3n) is 5.59. The Bertz CT molecular complexity index is 901. The average Bonchev–Trinajstić information content (AvgIpc) is 3.51. The maximum absolute atomic E-state index is 13.8. The minimum Gasteiger partial charge on any atom is -0.379 e. The molecule has 1 heterocycles. The van der Waals surface area contributed by atoms with E-state index in [4.69, 9.17) is 10.5 Å². The smallest absolute Gasteiger partial charge is 0.379 e. The predicted octanol–water partition coefficient (Wildman–Crippen LogP) is 0.657. The van der Waals surface area contributed by atoms with Crippen molar-refractivity contribution in [1.82, 2.24) is 14.9 Å². The van der Waals surface area contributed by atoms with Crippen molar-refractivity contribution in [2.75, 3.05) is 38.6 Å². The van der Waals surface area contributed by atoms with E-state index in [1.165, 1.54) is 0 Å². The van der Waals surface area contributed by atoms with Gasteiger partial charge in [0.15, 0.2) is 0 Å². The summed E-state index contributed by atoms with van der Waals surface area (Å²) in [6.45, 7) is 0.484. The molecular formula is C19H26F4N4O4S. The van der Waals surface area contributed by atoms with E-state index in [0.717, 1.165) is 28.6 Å². The fourth-order valence-corrected chi connectivity index (χ4v) is 5.04. The lowest BCUT2D eigenvalue weighted by Gasteiger charge is -2.31. The third kappa shape index (κ3) is 6.16. The molecule has 0 radical (unpaired) electrons. The van der Waals surface area contributed by atoms with E-state index < -0.39 is 51.3 Å². The van der Waals surface area contributed by atoms with Crippen LogP contribution in [-0.4, -0.2) is 75.0 Å². The van der Waals surface area contributed by atoms with Gasteiger partial charge in [-0.25, -0.2) is 12.8 Å². The van der Waals surface area contributed by atoms with Crippen LogP contribution in [0, 0.1) is 5.82 Å². The van der Waals surface area contributed by atoms with Gasteiger partial charge in [-0.15, -0.1) is 0 Å². The topological polar surface area (TPSA) is 114 Å². The van der Waals surface area contributed by atoms with Crippen LogP contribution >= 0.6 is 0 Å². The second kappa shape index (κ2) is 9.59. The Balaban J connectivity index is 1.87. The van der Waals surface area contributed by atoms with Crippen LogP contribution in [0.15, 0.2) is 24.3 Å². The summed E-state index contributed by atoms with van der Waals surface area (Å²) in [5.41, 5.74) is 4.57. The first-order valence-electron chi connectivity index (χ1n) is 10.1. The number of alkyl halides is 3. The molecular weight excluding hydrogens is 456 g/mol. The van der Waals surface area contributed by atoms with Crippen molar-refractivity contribution in [2.45, 2.75) is 36.6 Å². The molecule has 1 aromatic carbocycles. The largest absolute Gasteiger partial charge is 0.407 e. The molecule has 1 saturated carbocycles. The number of rotatable bonds is 9. The Morgan fingerprint density at radius 1 is 1.19 bits per heavy atom. The summed E-state index contributed by atoms with van der Waals surface area (Å²) in [7, 11) is -4.08. The molecule has 1 saturated heterocycles. The van der Waals surface area contributed by atoms with Crippen LogP contribution < -0.4 is 16.4 Å². The lowest BCUT2D eigenvalue weighted by Crippen LogP contribution is -2.57. The highest BCUT2D eigenvalue weighted by Crippen LogP contribution is 2.35. The van der Waals surface area contributed by atoms with E-state index >= 15 is 0 Å². The zero-order chi connectivity index (χ0) is 23.6. The summed E-state index contributed by atoms with van der Waals surface area (Å²) in [6.07, 6.45) is -3.76. The zero-order valence-corrected chi connectivity index (χ0v) is 18.0. The molecule has 0 spiro atoms. The summed E-state index contributed by atoms with van der Waals surface area (Å²) in [5.74, 6) is -2.49. The van der Waals surface area contributed by atoms with Gasteiger partial charge in [0.25, 0.3) is 0 Å². The van der Waals surface area contributed by atoms with Crippen LogP contribution in [-0.2, 0) is 19.6 Å². The number of halogens is 4. The summed E-state index contributed by atoms with van der Waals surface area (Å²) in [4.78, 5) is 12.9. The van der Waals surface area contributed by atoms with Gasteiger partial charge in [-0.2, -0.15) is 17.5 Å². The van der Waals surface area contributed by atoms with E-state index in [1.54, 1.807) is 0 Å². The molecule has 180 valence electrons. The molecule has 3 rings (SSSR count). The molecule has 2 atom stereocenters. The van der Waals surface area contributed by atoms with Gasteiger partial charge in [-0.3, -0.25) is 10.1 Å². The maximum Gasteiger partial charge on any atom is 0.407 e. The molecule has 32 heavy (non-hydrogen) atoms. The second-order valence-electron chi connectivity index (χ2n) is 8.01. The fraction of sp³-hybridized carbons (Fsp3) is 0.632. The summed E-state index contributed by atoms with van der Waals surface area (Å²) in [5, 5.41) is 4.76. The quantitative estimate of drug-likeness (QED) is 0.446. The van der Waals surface area contributed by atoms with E-state index in [2.05, 4.69) is 10.6 Å². The van der Waals surface area contributed by atoms with Crippen LogP contribution in [0.25, 0.3) is 0 Å². The highest BCUT2D eigenvalue weighted by atomic mass is 32.2. The first-order chi connectivity index (χ1) is 15.0. The van der Waals surface area contributed by atoms with Gasteiger partial charge in [0.1, 0.15) is 17.9 Å². The van der Waals surface area contributed by atoms with Gasteiger partial charge in [0, 0.05) is 19.6 Å². The van der Waals surface area contributed by atoms with Crippen LogP contribution in [0.3, 0.4) is 0 Å². The SMILES string of the molecule is NCC1(NC(=O)C(CS(=O)(=O)N2CCOCC2)NC(c2ccc(F)cc2)C(F)(F)F)CC1. The van der Waals surface area contributed by atoms with Crippen molar-refractivity contribution in [3.63, 3.8) is 0 Å². The third-order valence-corrected chi connectivity index (χ3v) is 7.49. The number of nitrogens with zero attached hydrogens (tertiary/aromatic N) is 1. The molecule has 1 aliphatic heterocycles. The lowest BCUT2D eigenvalue weighted by atomic mass is 10.0. The van der Waals surface area contributed by atoms with Crippen molar-refractivity contribution < 1.29 is 35.5 Å². The second-order valence-corrected chi connectivity index (χ2v) is 10.0. The molecule has 1 amide bonds. The number of benzene rings is 1. The average molecular weight is 483 g/mol. The van der Waals surface area contributed by atoms with Crippen molar-refractivity contribution >= 4 is 15.9 Å². The molecule has 4 N–H and O–H groups in total. The zero-order valence-electron chi connectivity index (χ0n) is 17.2. The molecule has 0 bridgehead atoms. The minimum atomic E-state index is -4.87. The normalized spacial score (nSPS) is 21.0. The Morgan fingerprint density at radius 3 is 2.28 bits per heavy atom. The first-order valence-corrected chi connectivity index (χ1v) is 11.7. The first kappa shape index (κ1) is 24.8. The van der Waals surface area contributed by atoms with E-state index in [1.807, 2.05) is 0 Å². The van der Waals surface area contributed by atoms with Crippen LogP contribution in [0.4, 0.5) is 17.6 Å². The van der Waals surface area contributed by atoms with Crippen molar-refractivity contribution in [2.24, 2.45) is 5.73 Å². The summed E-state index contributed by atoms with van der Waals surface area (Å²) >= 11 is 0. The molecule has 0 aromatic heterocycles.